The summed E-state index contributed by atoms with van der Waals surface area (Å²) in [6.07, 6.45) is 0.261. The van der Waals surface area contributed by atoms with Crippen LogP contribution < -0.4 is 4.72 Å². The van der Waals surface area contributed by atoms with Gasteiger partial charge in [0.2, 0.25) is 10.0 Å². The van der Waals surface area contributed by atoms with Gasteiger partial charge >= 0.3 is 0 Å². The molecule has 110 valence electrons. The van der Waals surface area contributed by atoms with Crippen molar-refractivity contribution in [3.63, 3.8) is 0 Å². The Balaban J connectivity index is 2.59. The Morgan fingerprint density at radius 3 is 2.63 bits per heavy atom. The lowest BCUT2D eigenvalue weighted by atomic mass is 9.99. The average Bonchev–Trinajstić information content (AvgIpc) is 2.81. The molecule has 1 rings (SSSR count). The normalized spacial score (nSPS) is 15.4. The van der Waals surface area contributed by atoms with E-state index >= 15 is 0 Å². The number of hydrogen-bond acceptors (Lipinski definition) is 5. The van der Waals surface area contributed by atoms with Gasteiger partial charge in [0.1, 0.15) is 4.21 Å². The average molecular weight is 328 g/mol. The molecule has 1 aromatic rings. The molecule has 0 aliphatic heterocycles. The maximum atomic E-state index is 11.9. The Morgan fingerprint density at radius 2 is 2.16 bits per heavy atom. The summed E-state index contributed by atoms with van der Waals surface area (Å²) in [7, 11) is -3.55. The van der Waals surface area contributed by atoms with E-state index in [-0.39, 0.29) is 23.3 Å². The highest BCUT2D eigenvalue weighted by atomic mass is 35.5. The molecule has 2 atom stereocenters. The summed E-state index contributed by atoms with van der Waals surface area (Å²) in [5.74, 6) is -0.0210. The van der Waals surface area contributed by atoms with Crippen molar-refractivity contribution < 1.29 is 18.6 Å². The van der Waals surface area contributed by atoms with Crippen LogP contribution in [0.1, 0.15) is 19.8 Å². The molecular formula is C11H18ClNO4S2. The summed E-state index contributed by atoms with van der Waals surface area (Å²) in [4.78, 5) is 0. The molecule has 19 heavy (non-hydrogen) atoms. The van der Waals surface area contributed by atoms with Crippen LogP contribution >= 0.6 is 22.9 Å². The van der Waals surface area contributed by atoms with Gasteiger partial charge < -0.3 is 10.2 Å². The van der Waals surface area contributed by atoms with Crippen molar-refractivity contribution in [1.29, 1.82) is 0 Å². The van der Waals surface area contributed by atoms with E-state index in [1.807, 2.05) is 6.92 Å². The lowest BCUT2D eigenvalue weighted by Gasteiger charge is -2.17. The molecule has 0 saturated heterocycles. The van der Waals surface area contributed by atoms with Crippen molar-refractivity contribution >= 4 is 33.0 Å². The minimum atomic E-state index is -3.55. The summed E-state index contributed by atoms with van der Waals surface area (Å²) in [5, 5.41) is 18.2. The van der Waals surface area contributed by atoms with Crippen LogP contribution in [0.2, 0.25) is 4.34 Å². The van der Waals surface area contributed by atoms with Gasteiger partial charge in [0.25, 0.3) is 0 Å². The van der Waals surface area contributed by atoms with Crippen molar-refractivity contribution in [2.75, 3.05) is 13.2 Å². The summed E-state index contributed by atoms with van der Waals surface area (Å²) < 4.78 is 27.0. The first kappa shape index (κ1) is 16.9. The van der Waals surface area contributed by atoms with Crippen molar-refractivity contribution in [3.05, 3.63) is 16.5 Å². The number of thiophene rings is 1. The van der Waals surface area contributed by atoms with E-state index in [0.717, 1.165) is 11.3 Å². The molecule has 0 spiro atoms. The molecule has 2 unspecified atom stereocenters. The third-order valence-electron chi connectivity index (χ3n) is 2.77. The maximum absolute atomic E-state index is 11.9. The van der Waals surface area contributed by atoms with E-state index in [1.54, 1.807) is 0 Å². The lowest BCUT2D eigenvalue weighted by Crippen LogP contribution is -2.31. The van der Waals surface area contributed by atoms with Crippen LogP contribution in [0.15, 0.2) is 16.3 Å². The fourth-order valence-electron chi connectivity index (χ4n) is 1.59. The van der Waals surface area contributed by atoms with Gasteiger partial charge in [-0.15, -0.1) is 11.3 Å². The van der Waals surface area contributed by atoms with Crippen LogP contribution in [0.4, 0.5) is 0 Å². The zero-order valence-corrected chi connectivity index (χ0v) is 12.9. The molecule has 0 aliphatic carbocycles. The smallest absolute Gasteiger partial charge is 0.250 e. The summed E-state index contributed by atoms with van der Waals surface area (Å²) in [6.45, 7) is 1.82. The van der Waals surface area contributed by atoms with Gasteiger partial charge in [-0.2, -0.15) is 0 Å². The number of nitrogens with one attached hydrogen (secondary N) is 1. The van der Waals surface area contributed by atoms with Crippen molar-refractivity contribution in [2.45, 2.75) is 30.1 Å². The van der Waals surface area contributed by atoms with Crippen molar-refractivity contribution in [3.8, 4) is 0 Å². The van der Waals surface area contributed by atoms with Crippen LogP contribution in [-0.4, -0.2) is 37.9 Å². The van der Waals surface area contributed by atoms with Crippen LogP contribution in [0.5, 0.6) is 0 Å². The lowest BCUT2D eigenvalue weighted by molar-refractivity contribution is 0.0739. The molecule has 0 aliphatic rings. The van der Waals surface area contributed by atoms with E-state index < -0.39 is 16.1 Å². The first-order chi connectivity index (χ1) is 8.89. The van der Waals surface area contributed by atoms with Crippen LogP contribution in [0, 0.1) is 5.92 Å². The number of aliphatic hydroxyl groups excluding tert-OH is 2. The van der Waals surface area contributed by atoms with Crippen molar-refractivity contribution in [1.82, 2.24) is 4.72 Å². The number of sulfonamides is 1. The second-order valence-corrected chi connectivity index (χ2v) is 7.97. The van der Waals surface area contributed by atoms with Gasteiger partial charge in [-0.1, -0.05) is 24.9 Å². The SMILES string of the molecule is CCC(CNS(=O)(=O)c1ccc(Cl)s1)CC(O)CO. The van der Waals surface area contributed by atoms with Crippen LogP contribution in [0.25, 0.3) is 0 Å². The van der Waals surface area contributed by atoms with E-state index in [4.69, 9.17) is 16.7 Å². The van der Waals surface area contributed by atoms with Gasteiger partial charge in [0.15, 0.2) is 0 Å². The van der Waals surface area contributed by atoms with Crippen LogP contribution in [0.3, 0.4) is 0 Å². The zero-order valence-electron chi connectivity index (χ0n) is 10.5. The second kappa shape index (κ2) is 7.56. The summed E-state index contributed by atoms with van der Waals surface area (Å²) in [5.41, 5.74) is 0. The maximum Gasteiger partial charge on any atom is 0.250 e. The third kappa shape index (κ3) is 5.37. The van der Waals surface area contributed by atoms with Gasteiger partial charge in [0, 0.05) is 6.54 Å². The molecule has 0 fully saturated rings. The second-order valence-electron chi connectivity index (χ2n) is 4.26. The van der Waals surface area contributed by atoms with Gasteiger partial charge in [-0.25, -0.2) is 13.1 Å². The monoisotopic (exact) mass is 327 g/mol. The molecule has 1 heterocycles. The molecule has 3 N–H and O–H groups in total. The first-order valence-electron chi connectivity index (χ1n) is 5.93. The van der Waals surface area contributed by atoms with E-state index in [2.05, 4.69) is 4.72 Å². The Hall–Kier alpha value is -0.180. The fraction of sp³-hybridized carbons (Fsp3) is 0.636. The molecule has 5 nitrogen and oxygen atoms in total. The van der Waals surface area contributed by atoms with Gasteiger partial charge in [-0.05, 0) is 24.5 Å². The van der Waals surface area contributed by atoms with E-state index in [9.17, 15) is 13.5 Å². The molecule has 0 saturated carbocycles. The predicted molar refractivity (Wildman–Crippen MR) is 76.0 cm³/mol. The zero-order chi connectivity index (χ0) is 14.5. The topological polar surface area (TPSA) is 86.6 Å². The third-order valence-corrected chi connectivity index (χ3v) is 5.92. The Kier molecular flexibility index (Phi) is 6.72. The number of aliphatic hydroxyl groups is 2. The summed E-state index contributed by atoms with van der Waals surface area (Å²) >= 11 is 6.71. The molecule has 0 bridgehead atoms. The molecular weight excluding hydrogens is 310 g/mol. The highest BCUT2D eigenvalue weighted by molar-refractivity contribution is 7.91. The van der Waals surface area contributed by atoms with Crippen LogP contribution in [-0.2, 0) is 10.0 Å². The van der Waals surface area contributed by atoms with Crippen molar-refractivity contribution in [2.24, 2.45) is 5.92 Å². The molecule has 1 aromatic heterocycles. The highest BCUT2D eigenvalue weighted by Gasteiger charge is 2.19. The van der Waals surface area contributed by atoms with Gasteiger partial charge in [-0.3, -0.25) is 0 Å². The quantitative estimate of drug-likeness (QED) is 0.674. The standard InChI is InChI=1S/C11H18ClNO4S2/c1-2-8(5-9(15)7-14)6-13-19(16,17)11-4-3-10(12)18-11/h3-4,8-9,13-15H,2,5-7H2,1H3. The van der Waals surface area contributed by atoms with Gasteiger partial charge in [0.05, 0.1) is 17.0 Å². The molecule has 0 aromatic carbocycles. The predicted octanol–water partition coefficient (Wildman–Crippen LogP) is 1.45. The first-order valence-corrected chi connectivity index (χ1v) is 8.60. The summed E-state index contributed by atoms with van der Waals surface area (Å²) in [6, 6.07) is 2.99. The fourth-order valence-corrected chi connectivity index (χ4v) is 4.24. The number of hydrogen-bond donors (Lipinski definition) is 3. The Morgan fingerprint density at radius 1 is 1.47 bits per heavy atom. The number of rotatable bonds is 8. The largest absolute Gasteiger partial charge is 0.394 e. The molecule has 0 radical (unpaired) electrons. The molecule has 0 amide bonds. The number of halogens is 1. The Labute approximate surface area is 122 Å². The minimum absolute atomic E-state index is 0.0210. The van der Waals surface area contributed by atoms with E-state index in [0.29, 0.717) is 17.2 Å². The van der Waals surface area contributed by atoms with E-state index in [1.165, 1.54) is 12.1 Å². The highest BCUT2D eigenvalue weighted by Crippen LogP contribution is 2.25. The minimum Gasteiger partial charge on any atom is -0.394 e. The Bertz CT molecular complexity index is 489. The molecule has 8 heteroatoms.